The Balaban J connectivity index is 2.59. The molecule has 1 aliphatic heterocycles. The van der Waals surface area contributed by atoms with Gasteiger partial charge in [-0.05, 0) is 27.2 Å². The average molecular weight is 269 g/mol. The molecule has 1 aliphatic rings. The molecule has 0 aromatic carbocycles. The third-order valence-electron chi connectivity index (χ3n) is 4.13. The van der Waals surface area contributed by atoms with Gasteiger partial charge >= 0.3 is 0 Å². The van der Waals surface area contributed by atoms with Crippen molar-refractivity contribution in [2.45, 2.75) is 59.0 Å². The first-order chi connectivity index (χ1) is 8.80. The maximum absolute atomic E-state index is 12.2. The Hall–Kier alpha value is -1.10. The highest BCUT2D eigenvalue weighted by Gasteiger charge is 2.30. The fourth-order valence-electron chi connectivity index (χ4n) is 2.25. The predicted molar refractivity (Wildman–Crippen MR) is 76.6 cm³/mol. The Kier molecular flexibility index (Phi) is 5.35. The van der Waals surface area contributed by atoms with Crippen LogP contribution in [0.3, 0.4) is 0 Å². The van der Waals surface area contributed by atoms with Gasteiger partial charge in [0.15, 0.2) is 0 Å². The van der Waals surface area contributed by atoms with Crippen LogP contribution in [-0.4, -0.2) is 46.4 Å². The number of nitrogens with one attached hydrogen (secondary N) is 1. The van der Waals surface area contributed by atoms with Crippen LogP contribution in [0.5, 0.6) is 0 Å². The van der Waals surface area contributed by atoms with Crippen LogP contribution >= 0.6 is 0 Å². The molecular formula is C14H27N3O2. The molecule has 2 atom stereocenters. The van der Waals surface area contributed by atoms with E-state index in [0.29, 0.717) is 0 Å². The number of carbonyl (C=O) groups excluding carboxylic acids is 1. The van der Waals surface area contributed by atoms with Crippen LogP contribution in [0.2, 0.25) is 0 Å². The Labute approximate surface area is 116 Å². The van der Waals surface area contributed by atoms with E-state index in [0.717, 1.165) is 31.6 Å². The summed E-state index contributed by atoms with van der Waals surface area (Å²) in [5.41, 5.74) is 0.669. The van der Waals surface area contributed by atoms with E-state index in [9.17, 15) is 4.79 Å². The van der Waals surface area contributed by atoms with Crippen LogP contribution in [0.15, 0.2) is 5.16 Å². The van der Waals surface area contributed by atoms with Gasteiger partial charge in [-0.25, -0.2) is 0 Å². The van der Waals surface area contributed by atoms with Gasteiger partial charge in [0.25, 0.3) is 0 Å². The first-order valence-corrected chi connectivity index (χ1v) is 7.07. The van der Waals surface area contributed by atoms with Gasteiger partial charge in [-0.2, -0.15) is 0 Å². The first-order valence-electron chi connectivity index (χ1n) is 7.07. The number of hydrogen-bond donors (Lipinski definition) is 2. The summed E-state index contributed by atoms with van der Waals surface area (Å²) in [6.45, 7) is 11.6. The molecule has 1 fully saturated rings. The van der Waals surface area contributed by atoms with Gasteiger partial charge in [0.1, 0.15) is 0 Å². The zero-order valence-electron chi connectivity index (χ0n) is 12.7. The van der Waals surface area contributed by atoms with E-state index in [1.165, 1.54) is 0 Å². The van der Waals surface area contributed by atoms with Crippen molar-refractivity contribution in [2.24, 2.45) is 11.1 Å². The lowest BCUT2D eigenvalue weighted by Gasteiger charge is -2.36. The van der Waals surface area contributed by atoms with Crippen molar-refractivity contribution < 1.29 is 10.0 Å². The van der Waals surface area contributed by atoms with Crippen molar-refractivity contribution in [3.05, 3.63) is 0 Å². The molecule has 0 aromatic heterocycles. The second-order valence-electron chi connectivity index (χ2n) is 6.14. The topological polar surface area (TPSA) is 64.9 Å². The molecule has 2 N–H and O–H groups in total. The summed E-state index contributed by atoms with van der Waals surface area (Å²) in [7, 11) is 0. The summed E-state index contributed by atoms with van der Waals surface area (Å²) in [6, 6.07) is -0.145. The minimum absolute atomic E-state index is 0.0726. The second kappa shape index (κ2) is 6.37. The highest BCUT2D eigenvalue weighted by molar-refractivity contribution is 5.87. The zero-order chi connectivity index (χ0) is 14.6. The highest BCUT2D eigenvalue weighted by atomic mass is 16.4. The van der Waals surface area contributed by atoms with E-state index in [4.69, 9.17) is 5.21 Å². The summed E-state index contributed by atoms with van der Waals surface area (Å²) in [6.07, 6.45) is 1.63. The summed E-state index contributed by atoms with van der Waals surface area (Å²) in [5.74, 6) is 0.275. The highest BCUT2D eigenvalue weighted by Crippen LogP contribution is 2.17. The molecule has 5 nitrogen and oxygen atoms in total. The van der Waals surface area contributed by atoms with E-state index in [2.05, 4.69) is 22.3 Å². The van der Waals surface area contributed by atoms with E-state index in [1.807, 2.05) is 27.7 Å². The minimum Gasteiger partial charge on any atom is -0.411 e. The van der Waals surface area contributed by atoms with E-state index in [1.54, 1.807) is 0 Å². The Bertz CT molecular complexity index is 353. The molecule has 0 saturated carbocycles. The molecule has 1 amide bonds. The van der Waals surface area contributed by atoms with Gasteiger partial charge in [-0.1, -0.05) is 19.0 Å². The van der Waals surface area contributed by atoms with E-state index >= 15 is 0 Å². The number of carbonyl (C=O) groups is 1. The molecule has 0 radical (unpaired) electrons. The fraction of sp³-hybridized carbons (Fsp3) is 0.857. The van der Waals surface area contributed by atoms with Gasteiger partial charge in [0.05, 0.1) is 11.8 Å². The Morgan fingerprint density at radius 3 is 2.74 bits per heavy atom. The third-order valence-corrected chi connectivity index (χ3v) is 4.13. The SMILES string of the molecule is CCC(C)(C)NC(=O)C(C)N1CCC(=NO)C(C)C1. The summed E-state index contributed by atoms with van der Waals surface area (Å²) < 4.78 is 0. The number of hydrogen-bond acceptors (Lipinski definition) is 4. The van der Waals surface area contributed by atoms with Gasteiger partial charge < -0.3 is 10.5 Å². The largest absolute Gasteiger partial charge is 0.411 e. The van der Waals surface area contributed by atoms with Crippen LogP contribution in [0.25, 0.3) is 0 Å². The van der Waals surface area contributed by atoms with Crippen molar-refractivity contribution in [3.63, 3.8) is 0 Å². The van der Waals surface area contributed by atoms with Crippen molar-refractivity contribution in [1.29, 1.82) is 0 Å². The molecule has 0 aromatic rings. The van der Waals surface area contributed by atoms with Crippen LogP contribution in [-0.2, 0) is 4.79 Å². The number of rotatable bonds is 4. The zero-order valence-corrected chi connectivity index (χ0v) is 12.7. The molecule has 0 aliphatic carbocycles. The molecule has 2 unspecified atom stereocenters. The van der Waals surface area contributed by atoms with Gasteiger partial charge in [0.2, 0.25) is 5.91 Å². The quantitative estimate of drug-likeness (QED) is 0.604. The van der Waals surface area contributed by atoms with Crippen molar-refractivity contribution in [3.8, 4) is 0 Å². The van der Waals surface area contributed by atoms with Gasteiger partial charge in [-0.3, -0.25) is 9.69 Å². The lowest BCUT2D eigenvalue weighted by Crippen LogP contribution is -2.54. The van der Waals surface area contributed by atoms with Crippen molar-refractivity contribution in [2.75, 3.05) is 13.1 Å². The number of amides is 1. The summed E-state index contributed by atoms with van der Waals surface area (Å²) >= 11 is 0. The number of nitrogens with zero attached hydrogens (tertiary/aromatic N) is 2. The van der Waals surface area contributed by atoms with Crippen LogP contribution < -0.4 is 5.32 Å². The van der Waals surface area contributed by atoms with Crippen LogP contribution in [0.4, 0.5) is 0 Å². The molecule has 110 valence electrons. The standard InChI is InChI=1S/C14H27N3O2/c1-6-14(4,5)15-13(18)11(3)17-8-7-12(16-19)10(2)9-17/h10-11,19H,6-9H2,1-5H3,(H,15,18). The summed E-state index contributed by atoms with van der Waals surface area (Å²) in [5, 5.41) is 15.3. The molecule has 1 heterocycles. The maximum atomic E-state index is 12.2. The van der Waals surface area contributed by atoms with Crippen LogP contribution in [0, 0.1) is 5.92 Å². The lowest BCUT2D eigenvalue weighted by atomic mass is 9.96. The molecule has 19 heavy (non-hydrogen) atoms. The van der Waals surface area contributed by atoms with E-state index < -0.39 is 0 Å². The minimum atomic E-state index is -0.162. The van der Waals surface area contributed by atoms with Crippen molar-refractivity contribution >= 4 is 11.6 Å². The predicted octanol–water partition coefficient (Wildman–Crippen LogP) is 1.85. The second-order valence-corrected chi connectivity index (χ2v) is 6.14. The molecule has 1 saturated heterocycles. The van der Waals surface area contributed by atoms with E-state index in [-0.39, 0.29) is 23.4 Å². The molecule has 0 bridgehead atoms. The maximum Gasteiger partial charge on any atom is 0.237 e. The van der Waals surface area contributed by atoms with Gasteiger partial charge in [0, 0.05) is 31.0 Å². The lowest BCUT2D eigenvalue weighted by molar-refractivity contribution is -0.127. The molecular weight excluding hydrogens is 242 g/mol. The number of oxime groups is 1. The van der Waals surface area contributed by atoms with Crippen molar-refractivity contribution in [1.82, 2.24) is 10.2 Å². The Morgan fingerprint density at radius 2 is 2.26 bits per heavy atom. The molecule has 5 heteroatoms. The fourth-order valence-corrected chi connectivity index (χ4v) is 2.25. The molecule has 0 spiro atoms. The Morgan fingerprint density at radius 1 is 1.63 bits per heavy atom. The summed E-state index contributed by atoms with van der Waals surface area (Å²) in [4.78, 5) is 14.4. The third kappa shape index (κ3) is 4.20. The normalized spacial score (nSPS) is 25.3. The van der Waals surface area contributed by atoms with Crippen LogP contribution in [0.1, 0.15) is 47.5 Å². The molecule has 1 rings (SSSR count). The smallest absolute Gasteiger partial charge is 0.237 e. The average Bonchev–Trinajstić information content (AvgIpc) is 2.37. The monoisotopic (exact) mass is 269 g/mol. The number of piperidine rings is 1. The number of likely N-dealkylation sites (tertiary alicyclic amines) is 1. The first kappa shape index (κ1) is 16.0. The van der Waals surface area contributed by atoms with Gasteiger partial charge in [-0.15, -0.1) is 0 Å².